The maximum absolute atomic E-state index is 9.65. The topological polar surface area (TPSA) is 41.5 Å². The molecular formula is C15H15BrClNO2. The number of nitrogens with one attached hydrogen (secondary N) is 1. The fraction of sp³-hybridized carbons (Fsp3) is 0.200. The zero-order valence-electron chi connectivity index (χ0n) is 11.0. The Morgan fingerprint density at radius 1 is 1.25 bits per heavy atom. The highest BCUT2D eigenvalue weighted by Crippen LogP contribution is 2.28. The second-order valence-corrected chi connectivity index (χ2v) is 5.48. The molecule has 0 spiro atoms. The van der Waals surface area contributed by atoms with E-state index in [1.54, 1.807) is 6.07 Å². The van der Waals surface area contributed by atoms with E-state index in [9.17, 15) is 5.11 Å². The van der Waals surface area contributed by atoms with Crippen LogP contribution in [0.2, 0.25) is 5.02 Å². The largest absolute Gasteiger partial charge is 0.504 e. The second kappa shape index (κ2) is 6.86. The zero-order chi connectivity index (χ0) is 14.5. The van der Waals surface area contributed by atoms with Crippen LogP contribution in [0.3, 0.4) is 0 Å². The molecule has 0 bridgehead atoms. The van der Waals surface area contributed by atoms with Gasteiger partial charge in [0, 0.05) is 16.7 Å². The normalized spacial score (nSPS) is 10.3. The number of hydrogen-bond donors (Lipinski definition) is 2. The molecule has 0 atom stereocenters. The van der Waals surface area contributed by atoms with E-state index < -0.39 is 0 Å². The van der Waals surface area contributed by atoms with Crippen molar-refractivity contribution in [2.45, 2.75) is 13.5 Å². The summed E-state index contributed by atoms with van der Waals surface area (Å²) in [5.41, 5.74) is 1.95. The summed E-state index contributed by atoms with van der Waals surface area (Å²) in [7, 11) is 0. The molecule has 2 aromatic carbocycles. The molecule has 0 aliphatic rings. The molecule has 2 aromatic rings. The maximum atomic E-state index is 9.65. The smallest absolute Gasteiger partial charge is 0.161 e. The summed E-state index contributed by atoms with van der Waals surface area (Å²) in [6, 6.07) is 11.0. The number of phenols is 1. The van der Waals surface area contributed by atoms with Gasteiger partial charge < -0.3 is 15.2 Å². The number of halogens is 2. The Balaban J connectivity index is 2.06. The van der Waals surface area contributed by atoms with Crippen molar-refractivity contribution in [1.82, 2.24) is 0 Å². The number of anilines is 1. The number of ether oxygens (including phenoxy) is 1. The summed E-state index contributed by atoms with van der Waals surface area (Å²) < 4.78 is 6.23. The first-order valence-corrected chi connectivity index (χ1v) is 7.41. The van der Waals surface area contributed by atoms with Crippen LogP contribution < -0.4 is 10.1 Å². The van der Waals surface area contributed by atoms with E-state index in [2.05, 4.69) is 21.2 Å². The minimum Gasteiger partial charge on any atom is -0.504 e. The summed E-state index contributed by atoms with van der Waals surface area (Å²) in [5, 5.41) is 13.6. The van der Waals surface area contributed by atoms with Crippen molar-refractivity contribution in [3.8, 4) is 11.5 Å². The first-order chi connectivity index (χ1) is 9.60. The van der Waals surface area contributed by atoms with E-state index in [-0.39, 0.29) is 5.75 Å². The fourth-order valence-electron chi connectivity index (χ4n) is 1.75. The Morgan fingerprint density at radius 2 is 2.05 bits per heavy atom. The molecule has 0 aliphatic carbocycles. The number of rotatable bonds is 5. The molecule has 0 unspecified atom stereocenters. The van der Waals surface area contributed by atoms with Crippen LogP contribution in [-0.2, 0) is 6.54 Å². The lowest BCUT2D eigenvalue weighted by Gasteiger charge is -2.10. The van der Waals surface area contributed by atoms with Crippen LogP contribution in [0.25, 0.3) is 0 Å². The van der Waals surface area contributed by atoms with E-state index in [4.69, 9.17) is 16.3 Å². The van der Waals surface area contributed by atoms with Gasteiger partial charge in [-0.3, -0.25) is 0 Å². The first-order valence-electron chi connectivity index (χ1n) is 6.23. The van der Waals surface area contributed by atoms with Gasteiger partial charge in [-0.15, -0.1) is 0 Å². The molecule has 2 rings (SSSR count). The zero-order valence-corrected chi connectivity index (χ0v) is 13.3. The predicted octanol–water partition coefficient (Wildman–Crippen LogP) is 4.82. The lowest BCUT2D eigenvalue weighted by molar-refractivity contribution is 0.318. The average Bonchev–Trinajstić information content (AvgIpc) is 2.43. The summed E-state index contributed by atoms with van der Waals surface area (Å²) in [6.07, 6.45) is 0. The van der Waals surface area contributed by atoms with Crippen LogP contribution in [0.15, 0.2) is 40.9 Å². The lowest BCUT2D eigenvalue weighted by Crippen LogP contribution is -2.00. The van der Waals surface area contributed by atoms with Gasteiger partial charge in [0.2, 0.25) is 0 Å². The molecule has 20 heavy (non-hydrogen) atoms. The number of hydrogen-bond acceptors (Lipinski definition) is 3. The monoisotopic (exact) mass is 355 g/mol. The average molecular weight is 357 g/mol. The Hall–Kier alpha value is -1.39. The number of benzene rings is 2. The molecule has 0 aromatic heterocycles. The lowest BCUT2D eigenvalue weighted by atomic mass is 10.2. The highest BCUT2D eigenvalue weighted by atomic mass is 79.9. The van der Waals surface area contributed by atoms with Gasteiger partial charge in [0.05, 0.1) is 11.6 Å². The Labute approximate surface area is 131 Å². The van der Waals surface area contributed by atoms with Gasteiger partial charge in [0.15, 0.2) is 11.5 Å². The molecule has 0 fully saturated rings. The molecule has 2 N–H and O–H groups in total. The Bertz CT molecular complexity index is 604. The third-order valence-electron chi connectivity index (χ3n) is 2.74. The highest BCUT2D eigenvalue weighted by molar-refractivity contribution is 9.10. The minimum atomic E-state index is 0.155. The third-order valence-corrected chi connectivity index (χ3v) is 3.97. The maximum Gasteiger partial charge on any atom is 0.161 e. The summed E-state index contributed by atoms with van der Waals surface area (Å²) in [4.78, 5) is 0. The number of phenolic OH excluding ortho intramolecular Hbond substituents is 1. The van der Waals surface area contributed by atoms with Gasteiger partial charge in [-0.05, 0) is 58.7 Å². The Kier molecular flexibility index (Phi) is 5.15. The standard InChI is InChI=1S/C15H15BrClNO2/c1-2-20-15-7-10(3-6-14(15)19)9-18-11-4-5-12(16)13(17)8-11/h3-8,18-19H,2,9H2,1H3. The van der Waals surface area contributed by atoms with E-state index in [0.717, 1.165) is 15.7 Å². The molecule has 0 radical (unpaired) electrons. The van der Waals surface area contributed by atoms with Gasteiger partial charge in [0.1, 0.15) is 0 Å². The van der Waals surface area contributed by atoms with Crippen LogP contribution in [0, 0.1) is 0 Å². The van der Waals surface area contributed by atoms with Gasteiger partial charge >= 0.3 is 0 Å². The van der Waals surface area contributed by atoms with Crippen LogP contribution in [-0.4, -0.2) is 11.7 Å². The van der Waals surface area contributed by atoms with E-state index in [1.807, 2.05) is 37.3 Å². The molecular weight excluding hydrogens is 342 g/mol. The van der Waals surface area contributed by atoms with Crippen molar-refractivity contribution >= 4 is 33.2 Å². The molecule has 106 valence electrons. The summed E-state index contributed by atoms with van der Waals surface area (Å²) >= 11 is 9.40. The first kappa shape index (κ1) is 15.0. The molecule has 0 amide bonds. The summed E-state index contributed by atoms with van der Waals surface area (Å²) in [6.45, 7) is 3.03. The predicted molar refractivity (Wildman–Crippen MR) is 85.8 cm³/mol. The van der Waals surface area contributed by atoms with Crippen molar-refractivity contribution in [3.05, 3.63) is 51.5 Å². The highest BCUT2D eigenvalue weighted by Gasteiger charge is 2.04. The molecule has 3 nitrogen and oxygen atoms in total. The van der Waals surface area contributed by atoms with E-state index >= 15 is 0 Å². The van der Waals surface area contributed by atoms with E-state index in [0.29, 0.717) is 23.9 Å². The molecule has 0 saturated carbocycles. The quantitative estimate of drug-likeness (QED) is 0.807. The van der Waals surface area contributed by atoms with Crippen molar-refractivity contribution in [2.24, 2.45) is 0 Å². The molecule has 0 heterocycles. The van der Waals surface area contributed by atoms with Crippen LogP contribution in [0.5, 0.6) is 11.5 Å². The van der Waals surface area contributed by atoms with Crippen molar-refractivity contribution in [1.29, 1.82) is 0 Å². The van der Waals surface area contributed by atoms with Gasteiger partial charge in [-0.1, -0.05) is 17.7 Å². The fourth-order valence-corrected chi connectivity index (χ4v) is 2.18. The SMILES string of the molecule is CCOc1cc(CNc2ccc(Br)c(Cl)c2)ccc1O. The van der Waals surface area contributed by atoms with Gasteiger partial charge in [-0.2, -0.15) is 0 Å². The van der Waals surface area contributed by atoms with E-state index in [1.165, 1.54) is 0 Å². The molecule has 0 aliphatic heterocycles. The summed E-state index contributed by atoms with van der Waals surface area (Å²) in [5.74, 6) is 0.655. The minimum absolute atomic E-state index is 0.155. The molecule has 0 saturated heterocycles. The van der Waals surface area contributed by atoms with Crippen LogP contribution in [0.1, 0.15) is 12.5 Å². The van der Waals surface area contributed by atoms with Gasteiger partial charge in [0.25, 0.3) is 0 Å². The van der Waals surface area contributed by atoms with Crippen molar-refractivity contribution < 1.29 is 9.84 Å². The van der Waals surface area contributed by atoms with Crippen molar-refractivity contribution in [2.75, 3.05) is 11.9 Å². The van der Waals surface area contributed by atoms with Crippen molar-refractivity contribution in [3.63, 3.8) is 0 Å². The molecule has 5 heteroatoms. The van der Waals surface area contributed by atoms with Crippen LogP contribution in [0.4, 0.5) is 5.69 Å². The second-order valence-electron chi connectivity index (χ2n) is 4.22. The van der Waals surface area contributed by atoms with Gasteiger partial charge in [-0.25, -0.2) is 0 Å². The van der Waals surface area contributed by atoms with Crippen LogP contribution >= 0.6 is 27.5 Å². The third kappa shape index (κ3) is 3.81. The Morgan fingerprint density at radius 3 is 2.75 bits per heavy atom. The number of aromatic hydroxyl groups is 1.